The number of nitrogens with zero attached hydrogens (tertiary/aromatic N) is 2. The van der Waals surface area contributed by atoms with Gasteiger partial charge in [0.05, 0.1) is 9.40 Å². The molecule has 1 aromatic carbocycles. The summed E-state index contributed by atoms with van der Waals surface area (Å²) in [5, 5.41) is 14.5. The van der Waals surface area contributed by atoms with Crippen LogP contribution in [0.2, 0.25) is 0 Å². The maximum Gasteiger partial charge on any atom is 0.283 e. The second kappa shape index (κ2) is 6.02. The first kappa shape index (κ1) is 14.9. The number of rotatable bonds is 4. The van der Waals surface area contributed by atoms with Crippen molar-refractivity contribution < 1.29 is 4.92 Å². The van der Waals surface area contributed by atoms with E-state index in [1.165, 1.54) is 0 Å². The molecule has 0 radical (unpaired) electrons. The van der Waals surface area contributed by atoms with E-state index in [1.807, 2.05) is 6.07 Å². The number of hydrogen-bond donors (Lipinski definition) is 1. The molecule has 2 aliphatic rings. The van der Waals surface area contributed by atoms with Crippen LogP contribution in [0, 0.1) is 22.0 Å². The Hall–Kier alpha value is -0.980. The molecule has 21 heavy (non-hydrogen) atoms. The zero-order valence-corrected chi connectivity index (χ0v) is 13.7. The summed E-state index contributed by atoms with van der Waals surface area (Å²) >= 11 is 3.25. The second-order valence-electron chi connectivity index (χ2n) is 6.03. The lowest BCUT2D eigenvalue weighted by Gasteiger charge is -2.26. The molecule has 1 N–H and O–H groups in total. The van der Waals surface area contributed by atoms with Gasteiger partial charge in [-0.15, -0.1) is 0 Å². The van der Waals surface area contributed by atoms with E-state index in [-0.39, 0.29) is 10.6 Å². The normalized spacial score (nSPS) is 28.8. The third kappa shape index (κ3) is 2.84. The Labute approximate surface area is 133 Å². The molecular formula is C15H20BrN3O2. The Morgan fingerprint density at radius 3 is 3.00 bits per heavy atom. The molecule has 0 spiro atoms. The minimum Gasteiger partial charge on any atom is -0.316 e. The first-order valence-electron chi connectivity index (χ1n) is 7.47. The van der Waals surface area contributed by atoms with Gasteiger partial charge in [0.2, 0.25) is 0 Å². The van der Waals surface area contributed by atoms with Crippen LogP contribution in [-0.4, -0.2) is 35.5 Å². The molecule has 3 atom stereocenters. The highest BCUT2D eigenvalue weighted by molar-refractivity contribution is 9.10. The van der Waals surface area contributed by atoms with Gasteiger partial charge in [-0.05, 0) is 58.9 Å². The summed E-state index contributed by atoms with van der Waals surface area (Å²) in [4.78, 5) is 13.2. The van der Waals surface area contributed by atoms with Crippen molar-refractivity contribution in [2.75, 3.05) is 19.6 Å². The second-order valence-corrected chi connectivity index (χ2v) is 6.88. The fraction of sp³-hybridized carbons (Fsp3) is 0.600. The summed E-state index contributed by atoms with van der Waals surface area (Å²) in [6.07, 6.45) is 1.14. The Morgan fingerprint density at radius 2 is 2.29 bits per heavy atom. The first-order valence-corrected chi connectivity index (χ1v) is 8.27. The van der Waals surface area contributed by atoms with Crippen LogP contribution < -0.4 is 5.32 Å². The quantitative estimate of drug-likeness (QED) is 0.667. The number of halogens is 1. The van der Waals surface area contributed by atoms with Crippen LogP contribution in [0.5, 0.6) is 0 Å². The molecule has 2 aliphatic heterocycles. The number of fused-ring (bicyclic) bond motifs is 1. The van der Waals surface area contributed by atoms with Gasteiger partial charge in [-0.2, -0.15) is 0 Å². The maximum absolute atomic E-state index is 11.0. The van der Waals surface area contributed by atoms with E-state index in [2.05, 4.69) is 33.1 Å². The van der Waals surface area contributed by atoms with Gasteiger partial charge in [-0.1, -0.05) is 13.0 Å². The molecular weight excluding hydrogens is 334 g/mol. The van der Waals surface area contributed by atoms with Crippen molar-refractivity contribution in [2.45, 2.75) is 25.9 Å². The van der Waals surface area contributed by atoms with E-state index in [0.29, 0.717) is 10.5 Å². The summed E-state index contributed by atoms with van der Waals surface area (Å²) in [6.45, 7) is 6.36. The van der Waals surface area contributed by atoms with Crippen molar-refractivity contribution in [1.29, 1.82) is 0 Å². The predicted octanol–water partition coefficient (Wildman–Crippen LogP) is 2.79. The van der Waals surface area contributed by atoms with Crippen molar-refractivity contribution in [2.24, 2.45) is 11.8 Å². The summed E-state index contributed by atoms with van der Waals surface area (Å²) in [7, 11) is 0. The molecule has 3 unspecified atom stereocenters. The number of hydrogen-bond acceptors (Lipinski definition) is 4. The lowest BCUT2D eigenvalue weighted by atomic mass is 9.93. The molecule has 0 saturated carbocycles. The molecule has 0 aliphatic carbocycles. The van der Waals surface area contributed by atoms with E-state index in [4.69, 9.17) is 0 Å². The van der Waals surface area contributed by atoms with Gasteiger partial charge < -0.3 is 5.32 Å². The number of nitrogens with one attached hydrogen (secondary N) is 1. The zero-order chi connectivity index (χ0) is 15.0. The Kier molecular flexibility index (Phi) is 4.28. The third-order valence-electron chi connectivity index (χ3n) is 4.84. The van der Waals surface area contributed by atoms with Crippen LogP contribution in [-0.2, 0) is 6.54 Å². The first-order chi connectivity index (χ1) is 10.1. The lowest BCUT2D eigenvalue weighted by molar-refractivity contribution is -0.385. The third-order valence-corrected chi connectivity index (χ3v) is 5.51. The van der Waals surface area contributed by atoms with E-state index < -0.39 is 0 Å². The molecule has 2 fully saturated rings. The monoisotopic (exact) mass is 353 g/mol. The Bertz CT molecular complexity index is 552. The topological polar surface area (TPSA) is 58.4 Å². The molecule has 114 valence electrons. The van der Waals surface area contributed by atoms with Crippen molar-refractivity contribution in [3.63, 3.8) is 0 Å². The Balaban J connectivity index is 1.77. The molecule has 3 rings (SSSR count). The van der Waals surface area contributed by atoms with Crippen molar-refractivity contribution in [3.8, 4) is 0 Å². The minimum absolute atomic E-state index is 0.154. The van der Waals surface area contributed by atoms with E-state index in [9.17, 15) is 10.1 Å². The average molecular weight is 354 g/mol. The fourth-order valence-corrected chi connectivity index (χ4v) is 4.28. The van der Waals surface area contributed by atoms with Crippen molar-refractivity contribution in [3.05, 3.63) is 38.3 Å². The van der Waals surface area contributed by atoms with Gasteiger partial charge in [0.25, 0.3) is 5.69 Å². The average Bonchev–Trinajstić information content (AvgIpc) is 3.00. The molecule has 1 aromatic rings. The van der Waals surface area contributed by atoms with E-state index in [1.54, 1.807) is 12.1 Å². The van der Waals surface area contributed by atoms with E-state index in [0.717, 1.165) is 50.0 Å². The van der Waals surface area contributed by atoms with Gasteiger partial charge in [-0.3, -0.25) is 15.0 Å². The van der Waals surface area contributed by atoms with Crippen molar-refractivity contribution >= 4 is 21.6 Å². The maximum atomic E-state index is 11.0. The summed E-state index contributed by atoms with van der Waals surface area (Å²) in [6, 6.07) is 6.05. The van der Waals surface area contributed by atoms with Crippen LogP contribution in [0.4, 0.5) is 5.69 Å². The standard InChI is InChI=1S/C15H20BrN3O2/c1-2-14-12-7-17-6-11(12)9-18(14)8-10-3-4-13(16)15(5-10)19(20)21/h3-5,11-12,14,17H,2,6-9H2,1H3. The zero-order valence-electron chi connectivity index (χ0n) is 12.1. The fourth-order valence-electron chi connectivity index (χ4n) is 3.88. The summed E-state index contributed by atoms with van der Waals surface area (Å²) in [5.41, 5.74) is 1.18. The van der Waals surface area contributed by atoms with Crippen LogP contribution >= 0.6 is 15.9 Å². The molecule has 0 aromatic heterocycles. The minimum atomic E-state index is -0.326. The summed E-state index contributed by atoms with van der Waals surface area (Å²) in [5.74, 6) is 1.47. The van der Waals surface area contributed by atoms with Crippen molar-refractivity contribution in [1.82, 2.24) is 10.2 Å². The van der Waals surface area contributed by atoms with Gasteiger partial charge in [0.15, 0.2) is 0 Å². The van der Waals surface area contributed by atoms with Crippen LogP contribution in [0.3, 0.4) is 0 Å². The number of likely N-dealkylation sites (tertiary alicyclic amines) is 1. The lowest BCUT2D eigenvalue weighted by Crippen LogP contribution is -2.34. The smallest absolute Gasteiger partial charge is 0.283 e. The highest BCUT2D eigenvalue weighted by Crippen LogP contribution is 2.35. The van der Waals surface area contributed by atoms with Crippen LogP contribution in [0.1, 0.15) is 18.9 Å². The molecule has 0 bridgehead atoms. The van der Waals surface area contributed by atoms with E-state index >= 15 is 0 Å². The molecule has 0 amide bonds. The largest absolute Gasteiger partial charge is 0.316 e. The highest BCUT2D eigenvalue weighted by atomic mass is 79.9. The summed E-state index contributed by atoms with van der Waals surface area (Å²) < 4.78 is 0.547. The number of nitro groups is 1. The number of nitro benzene ring substituents is 1. The van der Waals surface area contributed by atoms with Gasteiger partial charge in [0.1, 0.15) is 0 Å². The molecule has 2 saturated heterocycles. The Morgan fingerprint density at radius 1 is 1.48 bits per heavy atom. The SMILES string of the molecule is CCC1C2CNCC2CN1Cc1ccc(Br)c([N+](=O)[O-])c1. The number of benzene rings is 1. The molecule has 5 nitrogen and oxygen atoms in total. The highest BCUT2D eigenvalue weighted by Gasteiger charge is 2.42. The molecule has 6 heteroatoms. The molecule has 2 heterocycles. The predicted molar refractivity (Wildman–Crippen MR) is 85.1 cm³/mol. The van der Waals surface area contributed by atoms with Gasteiger partial charge >= 0.3 is 0 Å². The van der Waals surface area contributed by atoms with Crippen LogP contribution in [0.15, 0.2) is 22.7 Å². The van der Waals surface area contributed by atoms with Gasteiger partial charge in [-0.25, -0.2) is 0 Å². The van der Waals surface area contributed by atoms with Gasteiger partial charge in [0, 0.05) is 25.2 Å². The van der Waals surface area contributed by atoms with Crippen LogP contribution in [0.25, 0.3) is 0 Å².